The number of rotatable bonds is 43. The first-order valence-corrected chi connectivity index (χ1v) is 23.8. The van der Waals surface area contributed by atoms with Crippen LogP contribution in [0.5, 0.6) is 0 Å². The second-order valence-corrected chi connectivity index (χ2v) is 16.1. The summed E-state index contributed by atoms with van der Waals surface area (Å²) in [5.74, 6) is -0.124. The summed E-state index contributed by atoms with van der Waals surface area (Å²) < 4.78 is 5.45. The predicted octanol–water partition coefficient (Wildman–Crippen LogP) is 13.7. The zero-order valence-corrected chi connectivity index (χ0v) is 36.4. The van der Waals surface area contributed by atoms with E-state index >= 15 is 0 Å². The molecule has 6 nitrogen and oxygen atoms in total. The summed E-state index contributed by atoms with van der Waals surface area (Å²) in [7, 11) is 0. The summed E-state index contributed by atoms with van der Waals surface area (Å²) >= 11 is 0. The molecule has 3 N–H and O–H groups in total. The van der Waals surface area contributed by atoms with Crippen molar-refractivity contribution < 1.29 is 24.5 Å². The fourth-order valence-corrected chi connectivity index (χ4v) is 6.95. The van der Waals surface area contributed by atoms with Gasteiger partial charge in [-0.2, -0.15) is 0 Å². The Kier molecular flexibility index (Phi) is 43.2. The van der Waals surface area contributed by atoms with Gasteiger partial charge in [0.15, 0.2) is 0 Å². The molecule has 0 aromatic rings. The molecule has 322 valence electrons. The first-order chi connectivity index (χ1) is 27.0. The monoisotopic (exact) mass is 774 g/mol. The second kappa shape index (κ2) is 44.8. The molecule has 2 unspecified atom stereocenters. The van der Waals surface area contributed by atoms with Crippen LogP contribution in [-0.2, 0) is 14.3 Å². The van der Waals surface area contributed by atoms with E-state index in [4.69, 9.17) is 4.74 Å². The van der Waals surface area contributed by atoms with E-state index in [1.807, 2.05) is 6.08 Å². The Morgan fingerprint density at radius 1 is 0.509 bits per heavy atom. The minimum Gasteiger partial charge on any atom is -0.466 e. The number of aliphatic hydroxyl groups excluding tert-OH is 2. The van der Waals surface area contributed by atoms with E-state index in [1.165, 1.54) is 148 Å². The molecule has 0 aliphatic heterocycles. The van der Waals surface area contributed by atoms with Gasteiger partial charge in [0.1, 0.15) is 0 Å². The second-order valence-electron chi connectivity index (χ2n) is 16.1. The molecule has 0 radical (unpaired) electrons. The normalized spacial score (nSPS) is 13.0. The third kappa shape index (κ3) is 41.5. The maximum Gasteiger partial charge on any atom is 0.305 e. The Labute approximate surface area is 341 Å². The number of aliphatic hydroxyl groups is 2. The molecule has 0 rings (SSSR count). The van der Waals surface area contributed by atoms with Gasteiger partial charge in [-0.3, -0.25) is 9.59 Å². The van der Waals surface area contributed by atoms with Crippen LogP contribution in [0.3, 0.4) is 0 Å². The average molecular weight is 774 g/mol. The number of hydrogen-bond acceptors (Lipinski definition) is 5. The van der Waals surface area contributed by atoms with Crippen molar-refractivity contribution in [2.24, 2.45) is 0 Å². The molecular weight excluding hydrogens is 683 g/mol. The summed E-state index contributed by atoms with van der Waals surface area (Å²) in [5, 5.41) is 22.9. The molecule has 6 heteroatoms. The van der Waals surface area contributed by atoms with Crippen LogP contribution in [0.1, 0.15) is 239 Å². The highest BCUT2D eigenvalue weighted by Gasteiger charge is 2.18. The minimum atomic E-state index is -0.858. The van der Waals surface area contributed by atoms with Crippen molar-refractivity contribution in [3.8, 4) is 0 Å². The molecule has 1 amide bonds. The molecule has 0 aromatic heterocycles. The molecule has 0 saturated carbocycles. The van der Waals surface area contributed by atoms with Gasteiger partial charge in [0.2, 0.25) is 5.91 Å². The van der Waals surface area contributed by atoms with Gasteiger partial charge >= 0.3 is 5.97 Å². The van der Waals surface area contributed by atoms with Crippen LogP contribution in [0.15, 0.2) is 36.5 Å². The molecule has 0 aliphatic carbocycles. The molecule has 0 heterocycles. The van der Waals surface area contributed by atoms with E-state index in [2.05, 4.69) is 43.5 Å². The quantitative estimate of drug-likeness (QED) is 0.0326. The van der Waals surface area contributed by atoms with Crippen LogP contribution >= 0.6 is 0 Å². The standard InChI is InChI=1S/C49H91NO5/c1-3-5-7-9-11-13-15-16-17-18-19-20-21-22-27-31-35-39-43-49(54)55-44-40-36-32-28-24-23-26-30-34-38-42-48(53)50-46(45-51)47(52)41-37-33-29-25-14-12-10-8-6-4-2/h13,15,17-18,37,41,46-47,51-52H,3-12,14,16,19-36,38-40,42-45H2,1-2H3,(H,50,53)/b15-13-,18-17-,41-37+. The fourth-order valence-electron chi connectivity index (χ4n) is 6.95. The Morgan fingerprint density at radius 3 is 1.40 bits per heavy atom. The zero-order chi connectivity index (χ0) is 40.1. The number of ether oxygens (including phenoxy) is 1. The molecule has 55 heavy (non-hydrogen) atoms. The lowest BCUT2D eigenvalue weighted by molar-refractivity contribution is -0.143. The van der Waals surface area contributed by atoms with Crippen LogP contribution in [0.2, 0.25) is 0 Å². The van der Waals surface area contributed by atoms with Gasteiger partial charge in [0.25, 0.3) is 0 Å². The Balaban J connectivity index is 3.50. The van der Waals surface area contributed by atoms with Crippen LogP contribution in [0, 0.1) is 0 Å². The SMILES string of the molecule is CCCCCC/C=C\C/C=C\CCCCCCCCCC(=O)OCCCCCCCCCCCCC(=O)NC(CO)C(O)/C=C/CCCCCCCCCC. The van der Waals surface area contributed by atoms with E-state index < -0.39 is 12.1 Å². The smallest absolute Gasteiger partial charge is 0.305 e. The van der Waals surface area contributed by atoms with Crippen LogP contribution < -0.4 is 5.32 Å². The average Bonchev–Trinajstić information content (AvgIpc) is 3.18. The van der Waals surface area contributed by atoms with Crippen molar-refractivity contribution >= 4 is 11.9 Å². The van der Waals surface area contributed by atoms with Crippen molar-refractivity contribution in [1.82, 2.24) is 5.32 Å². The van der Waals surface area contributed by atoms with Gasteiger partial charge < -0.3 is 20.3 Å². The summed E-state index contributed by atoms with van der Waals surface area (Å²) in [5.41, 5.74) is 0. The summed E-state index contributed by atoms with van der Waals surface area (Å²) in [6.07, 6.45) is 52.7. The number of allylic oxidation sites excluding steroid dienone is 5. The number of amides is 1. The number of unbranched alkanes of at least 4 members (excludes halogenated alkanes) is 28. The van der Waals surface area contributed by atoms with E-state index in [1.54, 1.807) is 6.08 Å². The third-order valence-electron chi connectivity index (χ3n) is 10.7. The van der Waals surface area contributed by atoms with Gasteiger partial charge in [0.05, 0.1) is 25.4 Å². The van der Waals surface area contributed by atoms with Crippen molar-refractivity contribution in [1.29, 1.82) is 0 Å². The lowest BCUT2D eigenvalue weighted by Gasteiger charge is -2.20. The Hall–Kier alpha value is -1.92. The summed E-state index contributed by atoms with van der Waals surface area (Å²) in [6, 6.07) is -0.643. The van der Waals surface area contributed by atoms with Crippen molar-refractivity contribution in [3.05, 3.63) is 36.5 Å². The molecule has 0 saturated heterocycles. The number of carbonyl (C=O) groups is 2. The predicted molar refractivity (Wildman–Crippen MR) is 236 cm³/mol. The van der Waals surface area contributed by atoms with Crippen LogP contribution in [0.25, 0.3) is 0 Å². The van der Waals surface area contributed by atoms with Gasteiger partial charge in [-0.05, 0) is 64.2 Å². The fraction of sp³-hybridized carbons (Fsp3) is 0.837. The van der Waals surface area contributed by atoms with E-state index in [-0.39, 0.29) is 18.5 Å². The Morgan fingerprint density at radius 2 is 0.909 bits per heavy atom. The maximum atomic E-state index is 12.4. The highest BCUT2D eigenvalue weighted by atomic mass is 16.5. The molecule has 0 bridgehead atoms. The lowest BCUT2D eigenvalue weighted by Crippen LogP contribution is -2.45. The number of carbonyl (C=O) groups excluding carboxylic acids is 2. The van der Waals surface area contributed by atoms with Crippen molar-refractivity contribution in [3.63, 3.8) is 0 Å². The van der Waals surface area contributed by atoms with Gasteiger partial charge in [-0.15, -0.1) is 0 Å². The number of esters is 1. The largest absolute Gasteiger partial charge is 0.466 e. The van der Waals surface area contributed by atoms with Crippen molar-refractivity contribution in [2.75, 3.05) is 13.2 Å². The summed E-state index contributed by atoms with van der Waals surface area (Å²) in [6.45, 7) is 4.80. The molecule has 0 fully saturated rings. The van der Waals surface area contributed by atoms with E-state index in [9.17, 15) is 19.8 Å². The van der Waals surface area contributed by atoms with E-state index in [0.29, 0.717) is 19.4 Å². The molecule has 0 aromatic carbocycles. The van der Waals surface area contributed by atoms with Gasteiger partial charge in [-0.25, -0.2) is 0 Å². The molecule has 0 spiro atoms. The zero-order valence-electron chi connectivity index (χ0n) is 36.4. The third-order valence-corrected chi connectivity index (χ3v) is 10.7. The molecule has 0 aliphatic rings. The lowest BCUT2D eigenvalue weighted by atomic mass is 10.1. The highest BCUT2D eigenvalue weighted by Crippen LogP contribution is 2.14. The van der Waals surface area contributed by atoms with E-state index in [0.717, 1.165) is 64.2 Å². The van der Waals surface area contributed by atoms with Crippen LogP contribution in [-0.4, -0.2) is 47.4 Å². The topological polar surface area (TPSA) is 95.9 Å². The molecular formula is C49H91NO5. The number of hydrogen-bond donors (Lipinski definition) is 3. The highest BCUT2D eigenvalue weighted by molar-refractivity contribution is 5.76. The maximum absolute atomic E-state index is 12.4. The summed E-state index contributed by atoms with van der Waals surface area (Å²) in [4.78, 5) is 24.4. The minimum absolute atomic E-state index is 0.0295. The Bertz CT molecular complexity index is 900. The van der Waals surface area contributed by atoms with Crippen LogP contribution in [0.4, 0.5) is 0 Å². The number of nitrogens with one attached hydrogen (secondary N) is 1. The van der Waals surface area contributed by atoms with Crippen molar-refractivity contribution in [2.45, 2.75) is 251 Å². The van der Waals surface area contributed by atoms with Gasteiger partial charge in [0, 0.05) is 12.8 Å². The first-order valence-electron chi connectivity index (χ1n) is 23.8. The first kappa shape index (κ1) is 53.1. The van der Waals surface area contributed by atoms with Gasteiger partial charge in [-0.1, -0.05) is 198 Å². The molecule has 2 atom stereocenters.